The van der Waals surface area contributed by atoms with E-state index in [1.807, 2.05) is 42.6 Å². The van der Waals surface area contributed by atoms with Crippen LogP contribution < -0.4 is 5.32 Å². The summed E-state index contributed by atoms with van der Waals surface area (Å²) in [4.78, 5) is 23.1. The molecule has 0 aliphatic heterocycles. The largest absolute Gasteiger partial charge is 0.478 e. The van der Waals surface area contributed by atoms with Crippen LogP contribution in [-0.4, -0.2) is 26.0 Å². The molecule has 6 nitrogen and oxygen atoms in total. The highest BCUT2D eigenvalue weighted by molar-refractivity contribution is 5.95. The van der Waals surface area contributed by atoms with Crippen molar-refractivity contribution >= 4 is 39.3 Å². The molecule has 0 unspecified atom stereocenters. The number of nitrogens with one attached hydrogen (secondary N) is 2. The fourth-order valence-corrected chi connectivity index (χ4v) is 3.41. The summed E-state index contributed by atoms with van der Waals surface area (Å²) in [5.41, 5.74) is 5.01. The Morgan fingerprint density at radius 1 is 0.897 bits per heavy atom. The lowest BCUT2D eigenvalue weighted by atomic mass is 10.0. The molecule has 2 aromatic heterocycles. The highest BCUT2D eigenvalue weighted by Gasteiger charge is 2.08. The second-order valence-electron chi connectivity index (χ2n) is 6.74. The van der Waals surface area contributed by atoms with Gasteiger partial charge < -0.3 is 15.4 Å². The molecule has 0 aliphatic carbocycles. The molecule has 0 spiro atoms. The Labute approximate surface area is 165 Å². The third-order valence-corrected chi connectivity index (χ3v) is 4.92. The molecule has 0 amide bonds. The van der Waals surface area contributed by atoms with Gasteiger partial charge in [-0.2, -0.15) is 0 Å². The van der Waals surface area contributed by atoms with Gasteiger partial charge in [0, 0.05) is 28.2 Å². The molecule has 0 saturated heterocycles. The van der Waals surface area contributed by atoms with Crippen molar-refractivity contribution in [2.24, 2.45) is 0 Å². The minimum atomic E-state index is -0.936. The number of rotatable bonds is 4. The highest BCUT2D eigenvalue weighted by atomic mass is 16.4. The molecule has 5 rings (SSSR count). The van der Waals surface area contributed by atoms with Crippen molar-refractivity contribution in [3.63, 3.8) is 0 Å². The van der Waals surface area contributed by atoms with Crippen LogP contribution in [0.5, 0.6) is 0 Å². The Balaban J connectivity index is 1.55. The van der Waals surface area contributed by atoms with Gasteiger partial charge in [-0.15, -0.1) is 0 Å². The third kappa shape index (κ3) is 3.17. The number of carbonyl (C=O) groups is 1. The van der Waals surface area contributed by atoms with Crippen molar-refractivity contribution in [1.29, 1.82) is 0 Å². The molecule has 0 saturated carbocycles. The zero-order valence-corrected chi connectivity index (χ0v) is 15.3. The number of hydrogen-bond acceptors (Lipinski definition) is 4. The molecule has 0 bridgehead atoms. The summed E-state index contributed by atoms with van der Waals surface area (Å²) in [6.45, 7) is 0. The number of carboxylic acids is 1. The Morgan fingerprint density at radius 3 is 2.55 bits per heavy atom. The van der Waals surface area contributed by atoms with Gasteiger partial charge in [0.25, 0.3) is 0 Å². The van der Waals surface area contributed by atoms with Crippen LogP contribution in [0.25, 0.3) is 32.9 Å². The van der Waals surface area contributed by atoms with Gasteiger partial charge in [-0.1, -0.05) is 18.2 Å². The average molecular weight is 380 g/mol. The van der Waals surface area contributed by atoms with E-state index in [4.69, 9.17) is 5.11 Å². The van der Waals surface area contributed by atoms with Gasteiger partial charge in [0.2, 0.25) is 0 Å². The van der Waals surface area contributed by atoms with E-state index in [1.165, 1.54) is 0 Å². The molecular weight excluding hydrogens is 364 g/mol. The van der Waals surface area contributed by atoms with Crippen molar-refractivity contribution in [2.75, 3.05) is 5.32 Å². The summed E-state index contributed by atoms with van der Waals surface area (Å²) < 4.78 is 0. The quantitative estimate of drug-likeness (QED) is 0.398. The number of H-pyrrole nitrogens is 1. The first-order chi connectivity index (χ1) is 14.2. The van der Waals surface area contributed by atoms with Crippen LogP contribution in [0.15, 0.2) is 79.3 Å². The Bertz CT molecular complexity index is 1360. The van der Waals surface area contributed by atoms with Crippen LogP contribution >= 0.6 is 0 Å². The predicted octanol–water partition coefficient (Wildman–Crippen LogP) is 5.22. The van der Waals surface area contributed by atoms with Crippen LogP contribution in [-0.2, 0) is 0 Å². The van der Waals surface area contributed by atoms with Gasteiger partial charge in [0.15, 0.2) is 0 Å². The first-order valence-corrected chi connectivity index (χ1v) is 9.10. The van der Waals surface area contributed by atoms with E-state index < -0.39 is 5.97 Å². The summed E-state index contributed by atoms with van der Waals surface area (Å²) in [7, 11) is 0. The first-order valence-electron chi connectivity index (χ1n) is 9.10. The standard InChI is InChI=1S/C23H16N4O2/c28-23(29)15-3-1-14(2-4-15)16-5-7-21-19(12-16)22(26-13-25-21)27-18-6-8-20-17(11-18)9-10-24-20/h1-13,24H,(H,28,29)(H,25,26,27). The second-order valence-corrected chi connectivity index (χ2v) is 6.74. The molecule has 2 heterocycles. The normalized spacial score (nSPS) is 11.0. The molecule has 6 heteroatoms. The van der Waals surface area contributed by atoms with Crippen molar-refractivity contribution < 1.29 is 9.90 Å². The van der Waals surface area contributed by atoms with Gasteiger partial charge in [-0.05, 0) is 59.7 Å². The molecule has 5 aromatic rings. The number of benzene rings is 3. The van der Waals surface area contributed by atoms with Crippen LogP contribution in [0, 0.1) is 0 Å². The van der Waals surface area contributed by atoms with Crippen LogP contribution in [0.3, 0.4) is 0 Å². The van der Waals surface area contributed by atoms with E-state index in [0.717, 1.165) is 38.6 Å². The summed E-state index contributed by atoms with van der Waals surface area (Å²) in [6.07, 6.45) is 3.46. The molecule has 29 heavy (non-hydrogen) atoms. The van der Waals surface area contributed by atoms with Gasteiger partial charge in [-0.25, -0.2) is 14.8 Å². The van der Waals surface area contributed by atoms with Crippen molar-refractivity contribution in [1.82, 2.24) is 15.0 Å². The zero-order chi connectivity index (χ0) is 19.8. The van der Waals surface area contributed by atoms with Crippen LogP contribution in [0.2, 0.25) is 0 Å². The van der Waals surface area contributed by atoms with E-state index >= 15 is 0 Å². The van der Waals surface area contributed by atoms with Gasteiger partial charge in [0.1, 0.15) is 12.1 Å². The fourth-order valence-electron chi connectivity index (χ4n) is 3.41. The number of aromatic nitrogens is 3. The van der Waals surface area contributed by atoms with Crippen LogP contribution in [0.4, 0.5) is 11.5 Å². The summed E-state index contributed by atoms with van der Waals surface area (Å²) in [5.74, 6) is -0.219. The molecule has 140 valence electrons. The van der Waals surface area contributed by atoms with E-state index in [0.29, 0.717) is 5.82 Å². The third-order valence-electron chi connectivity index (χ3n) is 4.92. The summed E-state index contributed by atoms with van der Waals surface area (Å²) in [6, 6.07) is 20.9. The predicted molar refractivity (Wildman–Crippen MR) is 114 cm³/mol. The molecule has 3 N–H and O–H groups in total. The van der Waals surface area contributed by atoms with Crippen molar-refractivity contribution in [3.8, 4) is 11.1 Å². The fraction of sp³-hybridized carbons (Fsp3) is 0. The van der Waals surface area contributed by atoms with Crippen molar-refractivity contribution in [2.45, 2.75) is 0 Å². The topological polar surface area (TPSA) is 90.9 Å². The Kier molecular flexibility index (Phi) is 3.95. The minimum Gasteiger partial charge on any atom is -0.478 e. The molecule has 0 fully saturated rings. The maximum absolute atomic E-state index is 11.1. The molecule has 3 aromatic carbocycles. The van der Waals surface area contributed by atoms with Gasteiger partial charge in [-0.3, -0.25) is 0 Å². The number of aromatic carboxylic acids is 1. The molecule has 0 aliphatic rings. The lowest BCUT2D eigenvalue weighted by Gasteiger charge is -2.10. The number of carboxylic acid groups (broad SMARTS) is 1. The number of fused-ring (bicyclic) bond motifs is 2. The average Bonchev–Trinajstić information content (AvgIpc) is 3.22. The van der Waals surface area contributed by atoms with Crippen molar-refractivity contribution in [3.05, 3.63) is 84.8 Å². The van der Waals surface area contributed by atoms with E-state index in [2.05, 4.69) is 26.3 Å². The zero-order valence-electron chi connectivity index (χ0n) is 15.3. The highest BCUT2D eigenvalue weighted by Crippen LogP contribution is 2.29. The lowest BCUT2D eigenvalue weighted by molar-refractivity contribution is 0.0697. The SMILES string of the molecule is O=C(O)c1ccc(-c2ccc3ncnc(Nc4ccc5[nH]ccc5c4)c3c2)cc1. The molecule has 0 atom stereocenters. The monoisotopic (exact) mass is 380 g/mol. The minimum absolute atomic E-state index is 0.264. The van der Waals surface area contributed by atoms with E-state index in [-0.39, 0.29) is 5.56 Å². The molecular formula is C23H16N4O2. The maximum atomic E-state index is 11.1. The Hall–Kier alpha value is -4.19. The lowest BCUT2D eigenvalue weighted by Crippen LogP contribution is -1.97. The first kappa shape index (κ1) is 16.9. The Morgan fingerprint density at radius 2 is 1.72 bits per heavy atom. The van der Waals surface area contributed by atoms with Gasteiger partial charge >= 0.3 is 5.97 Å². The number of hydrogen-bond donors (Lipinski definition) is 3. The molecule has 0 radical (unpaired) electrons. The number of nitrogens with zero attached hydrogens (tertiary/aromatic N) is 2. The second kappa shape index (κ2) is 6.76. The number of anilines is 2. The number of aromatic amines is 1. The van der Waals surface area contributed by atoms with Crippen LogP contribution in [0.1, 0.15) is 10.4 Å². The van der Waals surface area contributed by atoms with Gasteiger partial charge in [0.05, 0.1) is 11.1 Å². The smallest absolute Gasteiger partial charge is 0.335 e. The summed E-state index contributed by atoms with van der Waals surface area (Å²) >= 11 is 0. The maximum Gasteiger partial charge on any atom is 0.335 e. The van der Waals surface area contributed by atoms with E-state index in [9.17, 15) is 4.79 Å². The van der Waals surface area contributed by atoms with E-state index in [1.54, 1.807) is 30.6 Å². The summed E-state index contributed by atoms with van der Waals surface area (Å²) in [5, 5.41) is 14.5.